The summed E-state index contributed by atoms with van der Waals surface area (Å²) in [6.45, 7) is 4.87. The lowest BCUT2D eigenvalue weighted by Gasteiger charge is -2.19. The van der Waals surface area contributed by atoms with Gasteiger partial charge in [-0.25, -0.2) is 4.79 Å². The van der Waals surface area contributed by atoms with Gasteiger partial charge in [0.15, 0.2) is 0 Å². The normalized spacial score (nSPS) is 27.0. The highest BCUT2D eigenvalue weighted by atomic mass is 16.2. The summed E-state index contributed by atoms with van der Waals surface area (Å²) < 4.78 is 0. The molecule has 7 heteroatoms. The highest BCUT2D eigenvalue weighted by Crippen LogP contribution is 2.23. The fraction of sp³-hybridized carbons (Fsp3) is 0.769. The number of hydrogen-bond acceptors (Lipinski definition) is 4. The molecule has 2 rings (SSSR count). The number of carbonyl (C=O) groups excluding carboxylic acids is 3. The van der Waals surface area contributed by atoms with Crippen LogP contribution >= 0.6 is 0 Å². The largest absolute Gasteiger partial charge is 0.352 e. The van der Waals surface area contributed by atoms with Gasteiger partial charge in [0.2, 0.25) is 5.91 Å². The summed E-state index contributed by atoms with van der Waals surface area (Å²) in [6, 6.07) is -0.424. The number of nitrogens with zero attached hydrogens (tertiary/aromatic N) is 1. The van der Waals surface area contributed by atoms with Gasteiger partial charge in [0.25, 0.3) is 5.91 Å². The first kappa shape index (κ1) is 14.8. The van der Waals surface area contributed by atoms with Crippen molar-refractivity contribution in [2.45, 2.75) is 44.7 Å². The molecule has 112 valence electrons. The van der Waals surface area contributed by atoms with Crippen LogP contribution in [0.3, 0.4) is 0 Å². The van der Waals surface area contributed by atoms with E-state index >= 15 is 0 Å². The zero-order chi connectivity index (χ0) is 14.8. The SMILES string of the molecule is CCCC(C)NC(=O)CN1C(=O)NC2(CCNC2)C1=O. The lowest BCUT2D eigenvalue weighted by molar-refractivity contribution is -0.134. The van der Waals surface area contributed by atoms with Crippen LogP contribution in [-0.4, -0.2) is 54.0 Å². The van der Waals surface area contributed by atoms with Gasteiger partial charge in [-0.15, -0.1) is 0 Å². The first-order valence-electron chi connectivity index (χ1n) is 7.12. The van der Waals surface area contributed by atoms with Crippen LogP contribution in [0.1, 0.15) is 33.1 Å². The molecule has 3 N–H and O–H groups in total. The third-order valence-corrected chi connectivity index (χ3v) is 3.83. The van der Waals surface area contributed by atoms with Crippen molar-refractivity contribution in [1.29, 1.82) is 0 Å². The number of urea groups is 1. The Morgan fingerprint density at radius 3 is 2.85 bits per heavy atom. The summed E-state index contributed by atoms with van der Waals surface area (Å²) in [7, 11) is 0. The molecule has 1 spiro atoms. The van der Waals surface area contributed by atoms with Crippen molar-refractivity contribution in [3.05, 3.63) is 0 Å². The van der Waals surface area contributed by atoms with Gasteiger partial charge < -0.3 is 16.0 Å². The average Bonchev–Trinajstić information content (AvgIpc) is 2.92. The van der Waals surface area contributed by atoms with Crippen LogP contribution < -0.4 is 16.0 Å². The molecule has 0 aromatic heterocycles. The van der Waals surface area contributed by atoms with E-state index in [0.29, 0.717) is 19.5 Å². The summed E-state index contributed by atoms with van der Waals surface area (Å²) in [6.07, 6.45) is 2.42. The minimum absolute atomic E-state index is 0.0513. The van der Waals surface area contributed by atoms with E-state index in [9.17, 15) is 14.4 Å². The number of carbonyl (C=O) groups is 3. The van der Waals surface area contributed by atoms with E-state index in [0.717, 1.165) is 17.7 Å². The summed E-state index contributed by atoms with van der Waals surface area (Å²) in [4.78, 5) is 37.1. The van der Waals surface area contributed by atoms with Crippen molar-refractivity contribution in [3.63, 3.8) is 0 Å². The Kier molecular flexibility index (Phi) is 4.27. The Labute approximate surface area is 118 Å². The van der Waals surface area contributed by atoms with Gasteiger partial charge in [-0.3, -0.25) is 14.5 Å². The molecule has 20 heavy (non-hydrogen) atoms. The van der Waals surface area contributed by atoms with Crippen molar-refractivity contribution >= 4 is 17.8 Å². The van der Waals surface area contributed by atoms with E-state index in [1.54, 1.807) is 0 Å². The molecule has 0 saturated carbocycles. The van der Waals surface area contributed by atoms with Crippen LogP contribution in [0.15, 0.2) is 0 Å². The first-order chi connectivity index (χ1) is 9.48. The maximum Gasteiger partial charge on any atom is 0.325 e. The van der Waals surface area contributed by atoms with Crippen LogP contribution in [-0.2, 0) is 9.59 Å². The average molecular weight is 282 g/mol. The lowest BCUT2D eigenvalue weighted by atomic mass is 9.99. The fourth-order valence-electron chi connectivity index (χ4n) is 2.77. The number of hydrogen-bond donors (Lipinski definition) is 3. The van der Waals surface area contributed by atoms with Crippen molar-refractivity contribution in [1.82, 2.24) is 20.9 Å². The number of rotatable bonds is 5. The van der Waals surface area contributed by atoms with E-state index in [1.165, 1.54) is 0 Å². The zero-order valence-corrected chi connectivity index (χ0v) is 12.0. The van der Waals surface area contributed by atoms with E-state index in [2.05, 4.69) is 16.0 Å². The van der Waals surface area contributed by atoms with E-state index < -0.39 is 11.6 Å². The molecule has 7 nitrogen and oxygen atoms in total. The molecule has 2 saturated heterocycles. The number of imide groups is 1. The van der Waals surface area contributed by atoms with Crippen molar-refractivity contribution < 1.29 is 14.4 Å². The van der Waals surface area contributed by atoms with Gasteiger partial charge in [-0.2, -0.15) is 0 Å². The fourth-order valence-corrected chi connectivity index (χ4v) is 2.77. The predicted molar refractivity (Wildman–Crippen MR) is 73.0 cm³/mol. The van der Waals surface area contributed by atoms with Gasteiger partial charge in [-0.1, -0.05) is 13.3 Å². The van der Waals surface area contributed by atoms with Gasteiger partial charge in [0.05, 0.1) is 0 Å². The molecule has 2 aliphatic rings. The van der Waals surface area contributed by atoms with Gasteiger partial charge in [0.1, 0.15) is 12.1 Å². The van der Waals surface area contributed by atoms with Crippen molar-refractivity contribution in [2.75, 3.05) is 19.6 Å². The highest BCUT2D eigenvalue weighted by molar-refractivity contribution is 6.09. The van der Waals surface area contributed by atoms with Crippen LogP contribution in [0.2, 0.25) is 0 Å². The molecular formula is C13H22N4O3. The van der Waals surface area contributed by atoms with Gasteiger partial charge in [-0.05, 0) is 26.3 Å². The maximum atomic E-state index is 12.3. The Morgan fingerprint density at radius 2 is 2.25 bits per heavy atom. The molecule has 2 heterocycles. The molecule has 0 aliphatic carbocycles. The summed E-state index contributed by atoms with van der Waals surface area (Å²) in [5.41, 5.74) is -0.841. The predicted octanol–water partition coefficient (Wildman–Crippen LogP) is -0.425. The van der Waals surface area contributed by atoms with E-state index in [-0.39, 0.29) is 24.4 Å². The number of amides is 4. The third kappa shape index (κ3) is 2.77. The van der Waals surface area contributed by atoms with Crippen LogP contribution in [0.25, 0.3) is 0 Å². The minimum Gasteiger partial charge on any atom is -0.352 e. The highest BCUT2D eigenvalue weighted by Gasteiger charge is 2.52. The van der Waals surface area contributed by atoms with Crippen molar-refractivity contribution in [3.8, 4) is 0 Å². The van der Waals surface area contributed by atoms with Crippen LogP contribution in [0, 0.1) is 0 Å². The summed E-state index contributed by atoms with van der Waals surface area (Å²) >= 11 is 0. The molecule has 0 radical (unpaired) electrons. The third-order valence-electron chi connectivity index (χ3n) is 3.83. The van der Waals surface area contributed by atoms with Gasteiger partial charge >= 0.3 is 6.03 Å². The molecule has 2 fully saturated rings. The maximum absolute atomic E-state index is 12.3. The van der Waals surface area contributed by atoms with Crippen molar-refractivity contribution in [2.24, 2.45) is 0 Å². The van der Waals surface area contributed by atoms with Crippen LogP contribution in [0.4, 0.5) is 4.79 Å². The zero-order valence-electron chi connectivity index (χ0n) is 12.0. The molecular weight excluding hydrogens is 260 g/mol. The topological polar surface area (TPSA) is 90.5 Å². The quantitative estimate of drug-likeness (QED) is 0.597. The Morgan fingerprint density at radius 1 is 1.50 bits per heavy atom. The second kappa shape index (κ2) is 5.78. The lowest BCUT2D eigenvalue weighted by Crippen LogP contribution is -2.49. The molecule has 0 aromatic rings. The summed E-state index contributed by atoms with van der Waals surface area (Å²) in [5.74, 6) is -0.594. The molecule has 2 aliphatic heterocycles. The standard InChI is InChI=1S/C13H22N4O3/c1-3-4-9(2)15-10(18)7-17-11(19)13(16-12(17)20)5-6-14-8-13/h9,14H,3-8H2,1-2H3,(H,15,18)(H,16,20). The van der Waals surface area contributed by atoms with Crippen LogP contribution in [0.5, 0.6) is 0 Å². The molecule has 4 amide bonds. The van der Waals surface area contributed by atoms with E-state index in [1.807, 2.05) is 13.8 Å². The Bertz CT molecular complexity index is 418. The first-order valence-corrected chi connectivity index (χ1v) is 7.12. The second-order valence-electron chi connectivity index (χ2n) is 5.59. The molecule has 2 atom stereocenters. The summed E-state index contributed by atoms with van der Waals surface area (Å²) in [5, 5.41) is 8.57. The molecule has 0 aromatic carbocycles. The monoisotopic (exact) mass is 282 g/mol. The minimum atomic E-state index is -0.841. The van der Waals surface area contributed by atoms with Gasteiger partial charge in [0, 0.05) is 12.6 Å². The Balaban J connectivity index is 1.94. The molecule has 2 unspecified atom stereocenters. The Hall–Kier alpha value is -1.63. The number of nitrogens with one attached hydrogen (secondary N) is 3. The van der Waals surface area contributed by atoms with E-state index in [4.69, 9.17) is 0 Å². The smallest absolute Gasteiger partial charge is 0.325 e. The second-order valence-corrected chi connectivity index (χ2v) is 5.59. The molecule has 0 bridgehead atoms.